The molecule has 0 fully saturated rings. The molecule has 2 aromatic rings. The number of carbonyl (C=O) groups excluding carboxylic acids is 2. The molecule has 140 valence electrons. The average Bonchev–Trinajstić information content (AvgIpc) is 3.07. The van der Waals surface area contributed by atoms with Crippen LogP contribution in [0.15, 0.2) is 5.38 Å². The number of nitrogens with two attached hydrogens (primary N) is 1. The lowest BCUT2D eigenvalue weighted by atomic mass is 10.0. The van der Waals surface area contributed by atoms with Crippen LogP contribution in [0.3, 0.4) is 0 Å². The zero-order chi connectivity index (χ0) is 19.4. The summed E-state index contributed by atoms with van der Waals surface area (Å²) in [5.74, 6) is -1.15. The van der Waals surface area contributed by atoms with E-state index in [0.717, 1.165) is 5.01 Å². The molecule has 2 rings (SSSR count). The molecule has 0 spiro atoms. The van der Waals surface area contributed by atoms with Crippen molar-refractivity contribution < 1.29 is 24.2 Å². The van der Waals surface area contributed by atoms with Gasteiger partial charge in [-0.25, -0.2) is 9.97 Å². The lowest BCUT2D eigenvalue weighted by Gasteiger charge is -2.14. The van der Waals surface area contributed by atoms with Crippen LogP contribution < -0.4 is 15.2 Å². The first-order chi connectivity index (χ1) is 12.3. The van der Waals surface area contributed by atoms with Gasteiger partial charge in [0.05, 0.1) is 19.2 Å². The molecule has 0 saturated carbocycles. The van der Waals surface area contributed by atoms with E-state index in [1.54, 1.807) is 12.3 Å². The van der Waals surface area contributed by atoms with Gasteiger partial charge in [0.2, 0.25) is 5.75 Å². The van der Waals surface area contributed by atoms with Gasteiger partial charge in [0.1, 0.15) is 17.2 Å². The van der Waals surface area contributed by atoms with E-state index in [-0.39, 0.29) is 34.6 Å². The Balaban J connectivity index is 2.43. The number of rotatable bonds is 8. The van der Waals surface area contributed by atoms with Crippen molar-refractivity contribution in [3.8, 4) is 28.6 Å². The van der Waals surface area contributed by atoms with E-state index in [9.17, 15) is 14.7 Å². The van der Waals surface area contributed by atoms with E-state index in [0.29, 0.717) is 18.5 Å². The number of Topliss-reactive ketones (excluding diaryl/α,β-unsaturated/α-hetero) is 1. The number of pyridine rings is 1. The monoisotopic (exact) mass is 379 g/mol. The minimum Gasteiger partial charge on any atom is -0.503 e. The van der Waals surface area contributed by atoms with E-state index in [1.165, 1.54) is 25.6 Å². The Morgan fingerprint density at radius 1 is 1.27 bits per heavy atom. The van der Waals surface area contributed by atoms with Crippen molar-refractivity contribution in [2.75, 3.05) is 14.2 Å². The van der Waals surface area contributed by atoms with Crippen LogP contribution in [0.1, 0.15) is 35.8 Å². The number of nitrogens with zero attached hydrogens (tertiary/aromatic N) is 2. The van der Waals surface area contributed by atoms with Crippen LogP contribution in [0.25, 0.3) is 11.4 Å². The minimum absolute atomic E-state index is 0.0361. The molecule has 3 N–H and O–H groups in total. The second-order valence-electron chi connectivity index (χ2n) is 5.77. The maximum atomic E-state index is 11.6. The number of methoxy groups -OCH3 is 2. The highest BCUT2D eigenvalue weighted by Crippen LogP contribution is 2.44. The number of ketones is 1. The number of aromatic hydroxyl groups is 1. The lowest BCUT2D eigenvalue weighted by Crippen LogP contribution is -2.15. The Hall–Kier alpha value is -2.68. The van der Waals surface area contributed by atoms with Crippen molar-refractivity contribution in [1.82, 2.24) is 9.97 Å². The maximum Gasteiger partial charge on any atom is 0.271 e. The van der Waals surface area contributed by atoms with Crippen LogP contribution >= 0.6 is 11.3 Å². The number of thiazole rings is 1. The topological polar surface area (TPSA) is 125 Å². The fraction of sp³-hybridized carbons (Fsp3) is 0.412. The molecule has 26 heavy (non-hydrogen) atoms. The highest BCUT2D eigenvalue weighted by atomic mass is 32.1. The Labute approximate surface area is 155 Å². The molecule has 0 unspecified atom stereocenters. The molecule has 0 aliphatic carbocycles. The number of primary amides is 1. The third-order valence-electron chi connectivity index (χ3n) is 4.01. The number of amides is 1. The molecule has 0 saturated heterocycles. The minimum atomic E-state index is -0.893. The molecule has 0 bridgehead atoms. The van der Waals surface area contributed by atoms with E-state index >= 15 is 0 Å². The molecule has 8 nitrogen and oxygen atoms in total. The molecule has 0 radical (unpaired) electrons. The summed E-state index contributed by atoms with van der Waals surface area (Å²) >= 11 is 1.41. The van der Waals surface area contributed by atoms with Gasteiger partial charge in [0.25, 0.3) is 5.91 Å². The third kappa shape index (κ3) is 3.93. The van der Waals surface area contributed by atoms with Gasteiger partial charge in [-0.3, -0.25) is 9.59 Å². The summed E-state index contributed by atoms with van der Waals surface area (Å²) < 4.78 is 10.4. The van der Waals surface area contributed by atoms with Crippen LogP contribution in [0.2, 0.25) is 0 Å². The number of hydrogen-bond donors (Lipinski definition) is 2. The van der Waals surface area contributed by atoms with Gasteiger partial charge in [-0.2, -0.15) is 0 Å². The number of ether oxygens (including phenoxy) is 2. The average molecular weight is 379 g/mol. The van der Waals surface area contributed by atoms with Gasteiger partial charge in [-0.15, -0.1) is 11.3 Å². The van der Waals surface area contributed by atoms with E-state index in [2.05, 4.69) is 9.97 Å². The Morgan fingerprint density at radius 3 is 2.46 bits per heavy atom. The summed E-state index contributed by atoms with van der Waals surface area (Å²) in [7, 11) is 2.73. The van der Waals surface area contributed by atoms with Gasteiger partial charge in [0, 0.05) is 11.3 Å². The molecule has 2 aromatic heterocycles. The first kappa shape index (κ1) is 19.6. The Kier molecular flexibility index (Phi) is 6.14. The van der Waals surface area contributed by atoms with Crippen LogP contribution in [-0.2, 0) is 11.2 Å². The van der Waals surface area contributed by atoms with Gasteiger partial charge in [-0.1, -0.05) is 6.92 Å². The largest absolute Gasteiger partial charge is 0.503 e. The van der Waals surface area contributed by atoms with Crippen molar-refractivity contribution in [3.63, 3.8) is 0 Å². The van der Waals surface area contributed by atoms with Crippen LogP contribution in [0, 0.1) is 5.92 Å². The summed E-state index contributed by atoms with van der Waals surface area (Å²) in [6.07, 6.45) is 1.34. The van der Waals surface area contributed by atoms with Crippen molar-refractivity contribution in [2.45, 2.75) is 26.7 Å². The predicted molar refractivity (Wildman–Crippen MR) is 96.8 cm³/mol. The zero-order valence-electron chi connectivity index (χ0n) is 15.0. The normalized spacial score (nSPS) is 11.8. The molecule has 0 aliphatic heterocycles. The lowest BCUT2D eigenvalue weighted by molar-refractivity contribution is -0.120. The van der Waals surface area contributed by atoms with E-state index in [1.807, 2.05) is 6.92 Å². The first-order valence-electron chi connectivity index (χ1n) is 7.90. The number of hydrogen-bond acceptors (Lipinski definition) is 8. The second-order valence-corrected chi connectivity index (χ2v) is 6.71. The number of carbonyl (C=O) groups is 2. The molecule has 2 heterocycles. The molecule has 0 aromatic carbocycles. The number of aromatic nitrogens is 2. The molecule has 1 amide bonds. The maximum absolute atomic E-state index is 11.6. The van der Waals surface area contributed by atoms with Gasteiger partial charge >= 0.3 is 0 Å². The van der Waals surface area contributed by atoms with E-state index in [4.69, 9.17) is 15.2 Å². The highest BCUT2D eigenvalue weighted by molar-refractivity contribution is 7.09. The fourth-order valence-electron chi connectivity index (χ4n) is 2.34. The zero-order valence-corrected chi connectivity index (χ0v) is 15.8. The summed E-state index contributed by atoms with van der Waals surface area (Å²) in [5.41, 5.74) is 5.68. The molecular weight excluding hydrogens is 358 g/mol. The second kappa shape index (κ2) is 8.13. The van der Waals surface area contributed by atoms with Crippen LogP contribution in [-0.4, -0.2) is 41.0 Å². The van der Waals surface area contributed by atoms with Crippen LogP contribution in [0.5, 0.6) is 17.2 Å². The Bertz CT molecular complexity index is 834. The van der Waals surface area contributed by atoms with Gasteiger partial charge in [0.15, 0.2) is 17.2 Å². The van der Waals surface area contributed by atoms with Gasteiger partial charge in [-0.05, 0) is 19.8 Å². The molecule has 0 aliphatic rings. The van der Waals surface area contributed by atoms with E-state index < -0.39 is 11.7 Å². The highest BCUT2D eigenvalue weighted by Gasteiger charge is 2.26. The number of aryl methyl sites for hydroxylation is 1. The van der Waals surface area contributed by atoms with Crippen LogP contribution in [0.4, 0.5) is 0 Å². The fourth-order valence-corrected chi connectivity index (χ4v) is 3.14. The first-order valence-corrected chi connectivity index (χ1v) is 8.78. The summed E-state index contributed by atoms with van der Waals surface area (Å²) in [6, 6.07) is 0. The smallest absolute Gasteiger partial charge is 0.271 e. The standard InChI is InChI=1S/C17H21N3O5S/c1-8(9(2)21)5-6-11-19-10(7-26-11)12-15(24-3)16(25-4)14(22)13(20-12)17(18)23/h7-8,22H,5-6H2,1-4H3,(H2,18,23)/t8-/m1/s1. The summed E-state index contributed by atoms with van der Waals surface area (Å²) in [5, 5.41) is 12.7. The Morgan fingerprint density at radius 2 is 1.92 bits per heavy atom. The molecule has 9 heteroatoms. The predicted octanol–water partition coefficient (Wildman–Crippen LogP) is 2.18. The van der Waals surface area contributed by atoms with Crippen molar-refractivity contribution >= 4 is 23.0 Å². The van der Waals surface area contributed by atoms with Crippen molar-refractivity contribution in [1.29, 1.82) is 0 Å². The van der Waals surface area contributed by atoms with Crippen molar-refractivity contribution in [2.24, 2.45) is 11.7 Å². The van der Waals surface area contributed by atoms with Gasteiger partial charge < -0.3 is 20.3 Å². The summed E-state index contributed by atoms with van der Waals surface area (Å²) in [6.45, 7) is 3.45. The molecular formula is C17H21N3O5S. The summed E-state index contributed by atoms with van der Waals surface area (Å²) in [4.78, 5) is 31.5. The quantitative estimate of drug-likeness (QED) is 0.720. The van der Waals surface area contributed by atoms with Crippen molar-refractivity contribution in [3.05, 3.63) is 16.1 Å². The third-order valence-corrected chi connectivity index (χ3v) is 4.91. The SMILES string of the molecule is COc1c(-c2csc(CC[C@@H](C)C(C)=O)n2)nc(C(N)=O)c(O)c1OC. The molecule has 1 atom stereocenters.